The molecule has 184 valence electrons. The van der Waals surface area contributed by atoms with Crippen molar-refractivity contribution in [2.75, 3.05) is 12.0 Å². The molecule has 0 atom stereocenters. The van der Waals surface area contributed by atoms with Crippen molar-refractivity contribution in [3.63, 3.8) is 0 Å². The van der Waals surface area contributed by atoms with Crippen molar-refractivity contribution < 1.29 is 12.8 Å². The number of aromatic nitrogens is 6. The zero-order chi connectivity index (χ0) is 25.6. The number of rotatable bonds is 6. The summed E-state index contributed by atoms with van der Waals surface area (Å²) in [6.45, 7) is 0. The van der Waals surface area contributed by atoms with E-state index in [4.69, 9.17) is 0 Å². The maximum atomic E-state index is 14.5. The summed E-state index contributed by atoms with van der Waals surface area (Å²) in [4.78, 5) is 16.4. The standard InChI is InChI=1S/C27H21FN6O2S/c1-37(35,36)6-4-16-7-18(9-20(28)8-16)23-14-30-15-25-21(23)11-24(32-25)26-22-10-19(13-31-27(22)34-33-26)17-3-2-5-29-12-17/h2-3,5,7-15,32H,4,6H2,1H3,(H,31,33,34). The van der Waals surface area contributed by atoms with Gasteiger partial charge in [0.05, 0.1) is 28.9 Å². The van der Waals surface area contributed by atoms with E-state index in [-0.39, 0.29) is 12.2 Å². The average molecular weight is 513 g/mol. The molecule has 6 rings (SSSR count). The monoisotopic (exact) mass is 512 g/mol. The molecule has 5 aromatic heterocycles. The maximum absolute atomic E-state index is 14.5. The number of sulfone groups is 1. The van der Waals surface area contributed by atoms with Crippen molar-refractivity contribution in [3.05, 3.63) is 84.8 Å². The summed E-state index contributed by atoms with van der Waals surface area (Å²) >= 11 is 0. The number of nitrogens with zero attached hydrogens (tertiary/aromatic N) is 4. The number of hydrogen-bond donors (Lipinski definition) is 2. The molecule has 10 heteroatoms. The lowest BCUT2D eigenvalue weighted by atomic mass is 10.0. The van der Waals surface area contributed by atoms with Crippen molar-refractivity contribution >= 4 is 31.8 Å². The summed E-state index contributed by atoms with van der Waals surface area (Å²) < 4.78 is 37.7. The van der Waals surface area contributed by atoms with E-state index < -0.39 is 15.7 Å². The van der Waals surface area contributed by atoms with Gasteiger partial charge < -0.3 is 4.98 Å². The number of aromatic amines is 2. The van der Waals surface area contributed by atoms with Gasteiger partial charge in [0.25, 0.3) is 0 Å². The minimum absolute atomic E-state index is 0.0470. The highest BCUT2D eigenvalue weighted by atomic mass is 32.2. The molecule has 0 amide bonds. The molecular formula is C27H21FN6O2S. The highest BCUT2D eigenvalue weighted by Crippen LogP contribution is 2.34. The number of halogens is 1. The van der Waals surface area contributed by atoms with Crippen LogP contribution in [0.15, 0.2) is 73.4 Å². The van der Waals surface area contributed by atoms with Gasteiger partial charge in [0, 0.05) is 58.5 Å². The second kappa shape index (κ2) is 8.90. The van der Waals surface area contributed by atoms with Crippen LogP contribution in [-0.4, -0.2) is 50.6 Å². The molecular weight excluding hydrogens is 491 g/mol. The van der Waals surface area contributed by atoms with Crippen molar-refractivity contribution in [1.29, 1.82) is 0 Å². The van der Waals surface area contributed by atoms with Crippen LogP contribution in [0, 0.1) is 5.82 Å². The van der Waals surface area contributed by atoms with Crippen molar-refractivity contribution in [1.82, 2.24) is 30.1 Å². The minimum atomic E-state index is -3.17. The number of aryl methyl sites for hydroxylation is 1. The Balaban J connectivity index is 1.44. The van der Waals surface area contributed by atoms with E-state index >= 15 is 0 Å². The third-order valence-electron chi connectivity index (χ3n) is 6.25. The first kappa shape index (κ1) is 23.0. The van der Waals surface area contributed by atoms with E-state index in [0.29, 0.717) is 16.8 Å². The van der Waals surface area contributed by atoms with Crippen LogP contribution in [0.4, 0.5) is 4.39 Å². The molecule has 37 heavy (non-hydrogen) atoms. The van der Waals surface area contributed by atoms with Gasteiger partial charge in [-0.3, -0.25) is 15.1 Å². The van der Waals surface area contributed by atoms with Gasteiger partial charge in [-0.15, -0.1) is 0 Å². The SMILES string of the molecule is CS(=O)(=O)CCc1cc(F)cc(-c2cncc3[nH]c(-c4[nH]nc5ncc(-c6cccnc6)cc45)cc23)c1. The quantitative estimate of drug-likeness (QED) is 0.326. The van der Waals surface area contributed by atoms with Crippen LogP contribution in [0.2, 0.25) is 0 Å². The molecule has 0 saturated carbocycles. The smallest absolute Gasteiger partial charge is 0.181 e. The van der Waals surface area contributed by atoms with Crippen LogP contribution in [-0.2, 0) is 16.3 Å². The molecule has 0 saturated heterocycles. The van der Waals surface area contributed by atoms with Gasteiger partial charge in [0.1, 0.15) is 15.7 Å². The highest BCUT2D eigenvalue weighted by molar-refractivity contribution is 7.90. The molecule has 0 bridgehead atoms. The molecule has 0 radical (unpaired) electrons. The van der Waals surface area contributed by atoms with Crippen LogP contribution in [0.1, 0.15) is 5.56 Å². The van der Waals surface area contributed by atoms with E-state index in [1.807, 2.05) is 30.3 Å². The Morgan fingerprint density at radius 3 is 2.62 bits per heavy atom. The largest absolute Gasteiger partial charge is 0.352 e. The van der Waals surface area contributed by atoms with Gasteiger partial charge in [0.2, 0.25) is 0 Å². The predicted molar refractivity (Wildman–Crippen MR) is 141 cm³/mol. The number of nitrogens with one attached hydrogen (secondary N) is 2. The van der Waals surface area contributed by atoms with E-state index in [9.17, 15) is 12.8 Å². The van der Waals surface area contributed by atoms with Crippen molar-refractivity contribution in [3.8, 4) is 33.6 Å². The van der Waals surface area contributed by atoms with Crippen LogP contribution in [0.5, 0.6) is 0 Å². The van der Waals surface area contributed by atoms with Crippen LogP contribution >= 0.6 is 0 Å². The first-order valence-electron chi connectivity index (χ1n) is 11.5. The summed E-state index contributed by atoms with van der Waals surface area (Å²) in [6.07, 6.45) is 10.1. The molecule has 1 aromatic carbocycles. The molecule has 6 aromatic rings. The normalized spacial score (nSPS) is 11.9. The lowest BCUT2D eigenvalue weighted by molar-refractivity contribution is 0.600. The lowest BCUT2D eigenvalue weighted by Gasteiger charge is -2.07. The van der Waals surface area contributed by atoms with Crippen LogP contribution < -0.4 is 0 Å². The zero-order valence-electron chi connectivity index (χ0n) is 19.7. The molecule has 0 aliphatic carbocycles. The molecule has 0 spiro atoms. The van der Waals surface area contributed by atoms with E-state index in [1.54, 1.807) is 31.0 Å². The molecule has 0 aliphatic rings. The van der Waals surface area contributed by atoms with Gasteiger partial charge in [-0.05, 0) is 47.9 Å². The average Bonchev–Trinajstić information content (AvgIpc) is 3.51. The van der Waals surface area contributed by atoms with Gasteiger partial charge in [-0.1, -0.05) is 12.1 Å². The summed E-state index contributed by atoms with van der Waals surface area (Å²) in [5.74, 6) is -0.475. The molecule has 5 heterocycles. The van der Waals surface area contributed by atoms with E-state index in [0.717, 1.165) is 44.4 Å². The highest BCUT2D eigenvalue weighted by Gasteiger charge is 2.16. The van der Waals surface area contributed by atoms with E-state index in [1.165, 1.54) is 18.4 Å². The first-order chi connectivity index (χ1) is 17.8. The summed E-state index contributed by atoms with van der Waals surface area (Å²) in [5.41, 5.74) is 6.75. The summed E-state index contributed by atoms with van der Waals surface area (Å²) in [6, 6.07) is 12.4. The van der Waals surface area contributed by atoms with Crippen molar-refractivity contribution in [2.45, 2.75) is 6.42 Å². The number of hydrogen-bond acceptors (Lipinski definition) is 6. The second-order valence-corrected chi connectivity index (χ2v) is 11.3. The molecule has 0 aliphatic heterocycles. The second-order valence-electron chi connectivity index (χ2n) is 8.99. The molecule has 0 fully saturated rings. The number of H-pyrrole nitrogens is 2. The molecule has 8 nitrogen and oxygen atoms in total. The Hall–Kier alpha value is -4.44. The van der Waals surface area contributed by atoms with Gasteiger partial charge >= 0.3 is 0 Å². The predicted octanol–water partition coefficient (Wildman–Crippen LogP) is 4.96. The fraction of sp³-hybridized carbons (Fsp3) is 0.111. The third kappa shape index (κ3) is 4.58. The first-order valence-corrected chi connectivity index (χ1v) is 13.6. The number of fused-ring (bicyclic) bond motifs is 2. The number of pyridine rings is 3. The van der Waals surface area contributed by atoms with E-state index in [2.05, 4.69) is 30.1 Å². The Morgan fingerprint density at radius 2 is 1.81 bits per heavy atom. The Morgan fingerprint density at radius 1 is 0.919 bits per heavy atom. The van der Waals surface area contributed by atoms with Crippen LogP contribution in [0.3, 0.4) is 0 Å². The fourth-order valence-corrected chi connectivity index (χ4v) is 5.07. The van der Waals surface area contributed by atoms with Crippen molar-refractivity contribution in [2.24, 2.45) is 0 Å². The molecule has 0 unspecified atom stereocenters. The van der Waals surface area contributed by atoms with Gasteiger partial charge in [-0.2, -0.15) is 5.10 Å². The molecule has 2 N–H and O–H groups in total. The maximum Gasteiger partial charge on any atom is 0.181 e. The van der Waals surface area contributed by atoms with Crippen LogP contribution in [0.25, 0.3) is 55.6 Å². The summed E-state index contributed by atoms with van der Waals surface area (Å²) in [5, 5.41) is 9.13. The van der Waals surface area contributed by atoms with Gasteiger partial charge in [-0.25, -0.2) is 17.8 Å². The minimum Gasteiger partial charge on any atom is -0.352 e. The Bertz CT molecular complexity index is 1880. The zero-order valence-corrected chi connectivity index (χ0v) is 20.6. The van der Waals surface area contributed by atoms with Gasteiger partial charge in [0.15, 0.2) is 5.65 Å². The third-order valence-corrected chi connectivity index (χ3v) is 7.20. The number of benzene rings is 1. The fourth-order valence-electron chi connectivity index (χ4n) is 4.47. The Labute approximate surface area is 211 Å². The lowest BCUT2D eigenvalue weighted by Crippen LogP contribution is -2.06. The Kier molecular flexibility index (Phi) is 5.53. The topological polar surface area (TPSA) is 117 Å². The summed E-state index contributed by atoms with van der Waals surface area (Å²) in [7, 11) is -3.17.